The minimum absolute atomic E-state index is 0.204. The lowest BCUT2D eigenvalue weighted by molar-refractivity contribution is -0.0963. The van der Waals surface area contributed by atoms with Crippen LogP contribution in [0.25, 0.3) is 21.5 Å². The number of piperazine rings is 1. The Kier molecular flexibility index (Phi) is 6.65. The van der Waals surface area contributed by atoms with Crippen molar-refractivity contribution >= 4 is 21.6 Å². The molecule has 0 saturated carbocycles. The molecule has 178 valence electrons. The molecule has 1 unspecified atom stereocenters. The predicted octanol–water partition coefficient (Wildman–Crippen LogP) is 4.55. The Bertz CT molecular complexity index is 1240. The Morgan fingerprint density at radius 3 is 2.76 bits per heavy atom. The molecular formula is C26H30N4O3S. The summed E-state index contributed by atoms with van der Waals surface area (Å²) in [5.74, 6) is 1.59. The highest BCUT2D eigenvalue weighted by molar-refractivity contribution is 7.18. The fourth-order valence-corrected chi connectivity index (χ4v) is 5.41. The molecule has 34 heavy (non-hydrogen) atoms. The van der Waals surface area contributed by atoms with Crippen LogP contribution in [0.5, 0.6) is 5.75 Å². The van der Waals surface area contributed by atoms with E-state index in [1.807, 2.05) is 61.5 Å². The average Bonchev–Trinajstić information content (AvgIpc) is 3.43. The van der Waals surface area contributed by atoms with Gasteiger partial charge in [-0.15, -0.1) is 11.3 Å². The van der Waals surface area contributed by atoms with E-state index in [1.165, 1.54) is 0 Å². The fraction of sp³-hybridized carbons (Fsp3) is 0.385. The second-order valence-electron chi connectivity index (χ2n) is 8.98. The number of aliphatic hydroxyl groups excluding tert-OH is 1. The molecule has 3 heterocycles. The summed E-state index contributed by atoms with van der Waals surface area (Å²) in [5.41, 5.74) is 2.85. The van der Waals surface area contributed by atoms with Gasteiger partial charge in [-0.25, -0.2) is 4.98 Å². The van der Waals surface area contributed by atoms with E-state index in [0.29, 0.717) is 6.54 Å². The number of aromatic nitrogens is 2. The first-order chi connectivity index (χ1) is 16.5. The number of aliphatic hydroxyl groups is 1. The zero-order valence-electron chi connectivity index (χ0n) is 19.7. The maximum Gasteiger partial charge on any atom is 0.178 e. The Morgan fingerprint density at radius 2 is 2.00 bits per heavy atom. The summed E-state index contributed by atoms with van der Waals surface area (Å²) in [6.07, 6.45) is -1.06. The molecule has 1 fully saturated rings. The highest BCUT2D eigenvalue weighted by Crippen LogP contribution is 2.28. The van der Waals surface area contributed by atoms with E-state index >= 15 is 0 Å². The summed E-state index contributed by atoms with van der Waals surface area (Å²) in [7, 11) is 0. The van der Waals surface area contributed by atoms with E-state index in [-0.39, 0.29) is 6.04 Å². The largest absolute Gasteiger partial charge is 0.472 e. The van der Waals surface area contributed by atoms with Gasteiger partial charge in [-0.2, -0.15) is 0 Å². The van der Waals surface area contributed by atoms with Crippen molar-refractivity contribution < 1.29 is 14.4 Å². The van der Waals surface area contributed by atoms with Crippen LogP contribution in [0.2, 0.25) is 0 Å². The van der Waals surface area contributed by atoms with Crippen LogP contribution in [-0.2, 0) is 6.54 Å². The summed E-state index contributed by atoms with van der Waals surface area (Å²) < 4.78 is 13.1. The minimum atomic E-state index is -0.635. The summed E-state index contributed by atoms with van der Waals surface area (Å²) in [6.45, 7) is 9.15. The van der Waals surface area contributed by atoms with Crippen LogP contribution in [0, 0.1) is 6.92 Å². The van der Waals surface area contributed by atoms with Crippen LogP contribution in [0.3, 0.4) is 0 Å². The summed E-state index contributed by atoms with van der Waals surface area (Å²) in [6, 6.07) is 18.2. The molecule has 0 spiro atoms. The fourth-order valence-electron chi connectivity index (χ4n) is 4.60. The molecule has 1 aliphatic heterocycles. The smallest absolute Gasteiger partial charge is 0.178 e. The standard InChI is InChI=1S/C26H30N4O3S/c1-17-15-29(16-22-14-23(28-33-22)20-7-5-4-6-8-20)11-12-30(17)26(18(2)31)32-21-9-10-25-24(13-21)27-19(3)34-25/h4-10,13-14,17-18,26,31H,11-12,15-16H2,1-3H3/t17-,18+,26?/m0/s1. The number of rotatable bonds is 7. The van der Waals surface area contributed by atoms with Gasteiger partial charge in [-0.05, 0) is 32.9 Å². The monoisotopic (exact) mass is 478 g/mol. The van der Waals surface area contributed by atoms with Gasteiger partial charge >= 0.3 is 0 Å². The zero-order chi connectivity index (χ0) is 23.7. The second-order valence-corrected chi connectivity index (χ2v) is 10.2. The number of hydrogen-bond acceptors (Lipinski definition) is 8. The lowest BCUT2D eigenvalue weighted by Gasteiger charge is -2.44. The van der Waals surface area contributed by atoms with Crippen LogP contribution in [0.15, 0.2) is 59.1 Å². The van der Waals surface area contributed by atoms with Crippen LogP contribution < -0.4 is 4.74 Å². The van der Waals surface area contributed by atoms with E-state index in [1.54, 1.807) is 18.3 Å². The molecule has 0 radical (unpaired) electrons. The van der Waals surface area contributed by atoms with Crippen molar-refractivity contribution in [3.63, 3.8) is 0 Å². The van der Waals surface area contributed by atoms with Gasteiger partial charge in [0.1, 0.15) is 17.5 Å². The molecule has 0 bridgehead atoms. The molecule has 7 nitrogen and oxygen atoms in total. The Hall–Kier alpha value is -2.78. The van der Waals surface area contributed by atoms with Crippen LogP contribution in [0.1, 0.15) is 24.6 Å². The van der Waals surface area contributed by atoms with Gasteiger partial charge in [-0.1, -0.05) is 35.5 Å². The molecule has 1 N–H and O–H groups in total. The van der Waals surface area contributed by atoms with Crippen molar-refractivity contribution in [1.82, 2.24) is 19.9 Å². The van der Waals surface area contributed by atoms with Crippen molar-refractivity contribution in [2.75, 3.05) is 19.6 Å². The average molecular weight is 479 g/mol. The molecule has 4 aromatic rings. The third-order valence-electron chi connectivity index (χ3n) is 6.23. The minimum Gasteiger partial charge on any atom is -0.472 e. The van der Waals surface area contributed by atoms with Gasteiger partial charge in [-0.3, -0.25) is 9.80 Å². The maximum absolute atomic E-state index is 10.6. The predicted molar refractivity (Wildman–Crippen MR) is 134 cm³/mol. The first kappa shape index (κ1) is 23.0. The lowest BCUT2D eigenvalue weighted by atomic mass is 10.1. The van der Waals surface area contributed by atoms with Crippen molar-refractivity contribution in [2.24, 2.45) is 0 Å². The van der Waals surface area contributed by atoms with Crippen molar-refractivity contribution in [1.29, 1.82) is 0 Å². The zero-order valence-corrected chi connectivity index (χ0v) is 20.5. The number of benzene rings is 2. The Balaban J connectivity index is 1.23. The molecule has 5 rings (SSSR count). The van der Waals surface area contributed by atoms with Crippen LogP contribution in [-0.4, -0.2) is 63.1 Å². The molecule has 0 amide bonds. The molecule has 0 aliphatic carbocycles. The molecule has 8 heteroatoms. The SMILES string of the molecule is Cc1nc2cc(OC([C@@H](C)O)N3CCN(Cc4cc(-c5ccccc5)no4)C[C@@H]3C)ccc2s1. The molecule has 2 aromatic heterocycles. The second kappa shape index (κ2) is 9.84. The van der Waals surface area contributed by atoms with E-state index in [0.717, 1.165) is 57.6 Å². The Morgan fingerprint density at radius 1 is 1.18 bits per heavy atom. The van der Waals surface area contributed by atoms with E-state index in [9.17, 15) is 5.11 Å². The quantitative estimate of drug-likeness (QED) is 0.418. The van der Waals surface area contributed by atoms with Crippen LogP contribution >= 0.6 is 11.3 Å². The Labute approximate surface area is 203 Å². The molecule has 3 atom stereocenters. The summed E-state index contributed by atoms with van der Waals surface area (Å²) in [5, 5.41) is 15.8. The van der Waals surface area contributed by atoms with Crippen molar-refractivity contribution in [3.8, 4) is 17.0 Å². The molecule has 1 aliphatic rings. The van der Waals surface area contributed by atoms with E-state index < -0.39 is 12.3 Å². The number of ether oxygens (including phenoxy) is 1. The van der Waals surface area contributed by atoms with Gasteiger partial charge in [0.15, 0.2) is 12.0 Å². The van der Waals surface area contributed by atoms with Gasteiger partial charge in [0, 0.05) is 43.4 Å². The summed E-state index contributed by atoms with van der Waals surface area (Å²) in [4.78, 5) is 9.17. The highest BCUT2D eigenvalue weighted by Gasteiger charge is 2.33. The van der Waals surface area contributed by atoms with Crippen molar-refractivity contribution in [3.05, 3.63) is 65.4 Å². The molecular weight excluding hydrogens is 448 g/mol. The molecule has 2 aromatic carbocycles. The first-order valence-electron chi connectivity index (χ1n) is 11.7. The summed E-state index contributed by atoms with van der Waals surface area (Å²) >= 11 is 1.67. The molecule has 1 saturated heterocycles. The first-order valence-corrected chi connectivity index (χ1v) is 12.5. The number of thiazole rings is 1. The third kappa shape index (κ3) is 5.00. The van der Waals surface area contributed by atoms with Crippen molar-refractivity contribution in [2.45, 2.75) is 45.7 Å². The van der Waals surface area contributed by atoms with E-state index in [4.69, 9.17) is 9.26 Å². The van der Waals surface area contributed by atoms with Gasteiger partial charge in [0.2, 0.25) is 0 Å². The van der Waals surface area contributed by atoms with Gasteiger partial charge in [0.25, 0.3) is 0 Å². The highest BCUT2D eigenvalue weighted by atomic mass is 32.1. The van der Waals surface area contributed by atoms with Gasteiger partial charge in [0.05, 0.1) is 21.8 Å². The number of aryl methyl sites for hydroxylation is 1. The van der Waals surface area contributed by atoms with E-state index in [2.05, 4.69) is 26.9 Å². The maximum atomic E-state index is 10.6. The number of nitrogens with zero attached hydrogens (tertiary/aromatic N) is 4. The van der Waals surface area contributed by atoms with Gasteiger partial charge < -0.3 is 14.4 Å². The number of hydrogen-bond donors (Lipinski definition) is 1. The number of fused-ring (bicyclic) bond motifs is 1. The third-order valence-corrected chi connectivity index (χ3v) is 7.19. The van der Waals surface area contributed by atoms with Crippen LogP contribution in [0.4, 0.5) is 0 Å². The normalized spacial score (nSPS) is 19.4. The lowest BCUT2D eigenvalue weighted by Crippen LogP contribution is -2.59. The topological polar surface area (TPSA) is 74.9 Å².